The maximum Gasteiger partial charge on any atom is 0.347 e. The zero-order valence-corrected chi connectivity index (χ0v) is 5.25. The molecule has 0 bridgehead atoms. The molecule has 0 radical (unpaired) electrons. The number of ketones is 1. The molecule has 0 amide bonds. The van der Waals surface area contributed by atoms with Crippen molar-refractivity contribution in [3.63, 3.8) is 0 Å². The average molecular weight is 136 g/mol. The number of nitrogens with zero attached hydrogens (tertiary/aromatic N) is 2. The molecule has 1 N–H and O–H groups in total. The van der Waals surface area contributed by atoms with Gasteiger partial charge in [0.1, 0.15) is 0 Å². The fraction of sp³-hybridized carbons (Fsp3) is 0.167. The van der Waals surface area contributed by atoms with E-state index in [9.17, 15) is 4.79 Å². The Hall–Kier alpha value is -1.81. The summed E-state index contributed by atoms with van der Waals surface area (Å²) in [5.41, 5.74) is -0.505. The third-order valence-electron chi connectivity index (χ3n) is 0.763. The highest BCUT2D eigenvalue weighted by molar-refractivity contribution is 5.95. The Balaban J connectivity index is 4.92. The van der Waals surface area contributed by atoms with E-state index in [4.69, 9.17) is 18.3 Å². The van der Waals surface area contributed by atoms with Gasteiger partial charge in [0.15, 0.2) is 5.78 Å². The Morgan fingerprint density at radius 3 is 2.00 bits per heavy atom. The Kier molecular flexibility index (Phi) is 2.67. The number of aliphatic hydroxyl groups excluding tert-OH is 1. The smallest absolute Gasteiger partial charge is 0.347 e. The van der Waals surface area contributed by atoms with E-state index >= 15 is 0 Å². The number of Topliss-reactive ketones (excluding diaryl/α,β-unsaturated/α-hetero) is 1. The largest absolute Gasteiger partial charge is 0.540 e. The van der Waals surface area contributed by atoms with Crippen LogP contribution in [-0.2, 0) is 4.79 Å². The van der Waals surface area contributed by atoms with Crippen LogP contribution in [0.4, 0.5) is 0 Å². The summed E-state index contributed by atoms with van der Waals surface area (Å²) in [6, 6.07) is 0. The van der Waals surface area contributed by atoms with Crippen molar-refractivity contribution in [2.24, 2.45) is 0 Å². The van der Waals surface area contributed by atoms with Crippen LogP contribution in [0.5, 0.6) is 0 Å². The molecule has 0 aliphatic heterocycles. The molecule has 10 heavy (non-hydrogen) atoms. The summed E-state index contributed by atoms with van der Waals surface area (Å²) in [4.78, 5) is 15.6. The molecule has 0 aromatic rings. The van der Waals surface area contributed by atoms with Gasteiger partial charge < -0.3 is 9.90 Å². The average Bonchev–Trinajstić information content (AvgIpc) is 1.88. The fourth-order valence-electron chi connectivity index (χ4n) is 0.339. The topological polar surface area (TPSA) is 46.0 Å². The number of carbonyl (C=O) groups excluding carboxylic acids is 1. The van der Waals surface area contributed by atoms with E-state index in [0.717, 1.165) is 6.92 Å². The van der Waals surface area contributed by atoms with Crippen LogP contribution in [-0.4, -0.2) is 10.9 Å². The summed E-state index contributed by atoms with van der Waals surface area (Å²) in [5, 5.41) is 8.58. The first-order valence-corrected chi connectivity index (χ1v) is 2.32. The standard InChI is InChI=1S/C6H4N2O2/c1-4(9)5(7-2)6(10)8-3/h10H,1H3/b6-5+. The highest BCUT2D eigenvalue weighted by Gasteiger charge is 2.09. The molecule has 0 aromatic carbocycles. The van der Waals surface area contributed by atoms with Gasteiger partial charge in [0.05, 0.1) is 13.1 Å². The lowest BCUT2D eigenvalue weighted by Crippen LogP contribution is -1.94. The molecule has 0 aromatic heterocycles. The summed E-state index contributed by atoms with van der Waals surface area (Å²) in [5.74, 6) is -1.42. The molecule has 0 heterocycles. The molecule has 0 rings (SSSR count). The van der Waals surface area contributed by atoms with E-state index in [2.05, 4.69) is 9.69 Å². The summed E-state index contributed by atoms with van der Waals surface area (Å²) in [7, 11) is 0. The maximum absolute atomic E-state index is 10.4. The normalized spacial score (nSPS) is 10.7. The highest BCUT2D eigenvalue weighted by Crippen LogP contribution is 2.04. The Bertz CT molecular complexity index is 264. The maximum atomic E-state index is 10.4. The predicted octanol–water partition coefficient (Wildman–Crippen LogP) is 1.14. The van der Waals surface area contributed by atoms with Gasteiger partial charge in [-0.15, -0.1) is 0 Å². The molecule has 0 saturated carbocycles. The SMILES string of the molecule is [C-]#[N+]/C(O)=C(\[N+]#[C-])C(C)=O. The second kappa shape index (κ2) is 3.26. The van der Waals surface area contributed by atoms with Crippen molar-refractivity contribution in [1.82, 2.24) is 0 Å². The van der Waals surface area contributed by atoms with Gasteiger partial charge in [-0.1, -0.05) is 0 Å². The number of hydrogen-bond donors (Lipinski definition) is 1. The van der Waals surface area contributed by atoms with E-state index in [1.165, 1.54) is 0 Å². The van der Waals surface area contributed by atoms with Crippen LogP contribution in [0, 0.1) is 13.1 Å². The highest BCUT2D eigenvalue weighted by atomic mass is 16.3. The second-order valence-electron chi connectivity index (χ2n) is 1.45. The first-order chi connectivity index (χ1) is 4.63. The van der Waals surface area contributed by atoms with Crippen LogP contribution in [0.1, 0.15) is 6.92 Å². The third kappa shape index (κ3) is 1.61. The van der Waals surface area contributed by atoms with Crippen molar-refractivity contribution in [2.45, 2.75) is 6.92 Å². The minimum Gasteiger partial charge on any atom is -0.540 e. The minimum absolute atomic E-state index is 0.505. The van der Waals surface area contributed by atoms with Gasteiger partial charge in [-0.3, -0.25) is 0 Å². The third-order valence-corrected chi connectivity index (χ3v) is 0.763. The number of aliphatic hydroxyl groups is 1. The zero-order valence-electron chi connectivity index (χ0n) is 5.25. The van der Waals surface area contributed by atoms with Gasteiger partial charge in [0, 0.05) is 0 Å². The molecule has 0 saturated heterocycles. The molecule has 0 unspecified atom stereocenters. The van der Waals surface area contributed by atoms with Crippen molar-refractivity contribution in [2.75, 3.05) is 0 Å². The number of carbonyl (C=O) groups is 1. The van der Waals surface area contributed by atoms with Crippen LogP contribution in [0.15, 0.2) is 11.6 Å². The lowest BCUT2D eigenvalue weighted by Gasteiger charge is -1.88. The number of rotatable bonds is 1. The first-order valence-electron chi connectivity index (χ1n) is 2.32. The van der Waals surface area contributed by atoms with Crippen LogP contribution in [0.3, 0.4) is 0 Å². The molecular formula is C6H4N2O2. The fourth-order valence-corrected chi connectivity index (χ4v) is 0.339. The van der Waals surface area contributed by atoms with Crippen molar-refractivity contribution in [1.29, 1.82) is 0 Å². The van der Waals surface area contributed by atoms with E-state index in [1.807, 2.05) is 0 Å². The van der Waals surface area contributed by atoms with Crippen LogP contribution in [0.25, 0.3) is 9.69 Å². The van der Waals surface area contributed by atoms with Crippen molar-refractivity contribution in [3.8, 4) is 0 Å². The van der Waals surface area contributed by atoms with Crippen molar-refractivity contribution < 1.29 is 9.90 Å². The van der Waals surface area contributed by atoms with Crippen LogP contribution < -0.4 is 0 Å². The molecular weight excluding hydrogens is 132 g/mol. The van der Waals surface area contributed by atoms with Gasteiger partial charge in [-0.25, -0.2) is 9.69 Å². The Morgan fingerprint density at radius 2 is 1.90 bits per heavy atom. The molecule has 0 atom stereocenters. The van der Waals surface area contributed by atoms with Crippen molar-refractivity contribution >= 4 is 5.78 Å². The Morgan fingerprint density at radius 1 is 1.40 bits per heavy atom. The molecule has 4 heteroatoms. The van der Waals surface area contributed by atoms with Crippen molar-refractivity contribution in [3.05, 3.63) is 34.4 Å². The summed E-state index contributed by atoms with van der Waals surface area (Å²) in [6.07, 6.45) is 0. The van der Waals surface area contributed by atoms with Crippen LogP contribution in [0.2, 0.25) is 0 Å². The minimum atomic E-state index is -0.831. The van der Waals surface area contributed by atoms with Gasteiger partial charge in [0.2, 0.25) is 0 Å². The van der Waals surface area contributed by atoms with Gasteiger partial charge in [0.25, 0.3) is 5.70 Å². The molecule has 0 fully saturated rings. The molecule has 0 aliphatic rings. The van der Waals surface area contributed by atoms with E-state index < -0.39 is 17.4 Å². The Labute approximate surface area is 58.0 Å². The van der Waals surface area contributed by atoms with Crippen LogP contribution >= 0.6 is 0 Å². The molecule has 0 spiro atoms. The monoisotopic (exact) mass is 136 g/mol. The number of allylic oxidation sites excluding steroid dienone is 1. The lowest BCUT2D eigenvalue weighted by atomic mass is 10.3. The lowest BCUT2D eigenvalue weighted by molar-refractivity contribution is -0.113. The first kappa shape index (κ1) is 8.19. The van der Waals surface area contributed by atoms with Gasteiger partial charge in [-0.05, 0) is 6.92 Å². The summed E-state index contributed by atoms with van der Waals surface area (Å²) in [6.45, 7) is 13.7. The zero-order chi connectivity index (χ0) is 8.15. The molecule has 4 nitrogen and oxygen atoms in total. The second-order valence-corrected chi connectivity index (χ2v) is 1.45. The van der Waals surface area contributed by atoms with Gasteiger partial charge in [-0.2, -0.15) is 0 Å². The molecule has 0 aliphatic carbocycles. The van der Waals surface area contributed by atoms with E-state index in [-0.39, 0.29) is 0 Å². The predicted molar refractivity (Wildman–Crippen MR) is 33.5 cm³/mol. The quantitative estimate of drug-likeness (QED) is 0.334. The number of hydrogen-bond acceptors (Lipinski definition) is 2. The van der Waals surface area contributed by atoms with E-state index in [0.29, 0.717) is 0 Å². The summed E-state index contributed by atoms with van der Waals surface area (Å²) < 4.78 is 0. The van der Waals surface area contributed by atoms with E-state index in [1.54, 1.807) is 0 Å². The summed E-state index contributed by atoms with van der Waals surface area (Å²) >= 11 is 0. The molecule has 50 valence electrons. The van der Waals surface area contributed by atoms with Gasteiger partial charge >= 0.3 is 5.88 Å².